The Morgan fingerprint density at radius 2 is 1.48 bits per heavy atom. The first kappa shape index (κ1) is 41.8. The van der Waals surface area contributed by atoms with Gasteiger partial charge >= 0.3 is 5.97 Å². The van der Waals surface area contributed by atoms with Gasteiger partial charge in [0.25, 0.3) is 8.32 Å². The van der Waals surface area contributed by atoms with Crippen molar-refractivity contribution in [3.05, 3.63) is 133 Å². The summed E-state index contributed by atoms with van der Waals surface area (Å²) in [5.41, 5.74) is 3.11. The van der Waals surface area contributed by atoms with Gasteiger partial charge in [-0.3, -0.25) is 4.79 Å². The number of methoxy groups -OCH3 is 1. The van der Waals surface area contributed by atoms with Crippen LogP contribution in [0.3, 0.4) is 0 Å². The molecule has 56 heavy (non-hydrogen) atoms. The Kier molecular flexibility index (Phi) is 14.6. The summed E-state index contributed by atoms with van der Waals surface area (Å²) < 4.78 is 25.8. The highest BCUT2D eigenvalue weighted by Gasteiger charge is 2.56. The molecule has 1 saturated carbocycles. The van der Waals surface area contributed by atoms with E-state index >= 15 is 0 Å². The topological polar surface area (TPSA) is 74.2 Å². The Hall–Kier alpha value is -3.85. The number of allylic oxidation sites excluding steroid dienone is 2. The molecule has 0 aromatic heterocycles. The number of carbonyl (C=O) groups excluding carboxylic acids is 1. The van der Waals surface area contributed by atoms with Crippen LogP contribution in [0.25, 0.3) is 11.1 Å². The third kappa shape index (κ3) is 9.80. The predicted octanol–water partition coefficient (Wildman–Crippen LogP) is 9.29. The van der Waals surface area contributed by atoms with E-state index in [0.717, 1.165) is 44.9 Å². The van der Waals surface area contributed by atoms with Crippen LogP contribution in [-0.4, -0.2) is 58.7 Å². The van der Waals surface area contributed by atoms with Crippen LogP contribution in [0, 0.1) is 17.3 Å². The van der Waals surface area contributed by atoms with Crippen LogP contribution in [0.1, 0.15) is 77.7 Å². The molecule has 1 aliphatic heterocycles. The van der Waals surface area contributed by atoms with Crippen LogP contribution in [0.2, 0.25) is 5.04 Å². The summed E-state index contributed by atoms with van der Waals surface area (Å²) in [7, 11) is -1.43. The van der Waals surface area contributed by atoms with E-state index in [1.165, 1.54) is 34.2 Å². The van der Waals surface area contributed by atoms with Crippen LogP contribution >= 0.6 is 0 Å². The number of ether oxygens (including phenoxy) is 3. The molecule has 1 saturated heterocycles. The van der Waals surface area contributed by atoms with Crippen LogP contribution in [0.15, 0.2) is 127 Å². The van der Waals surface area contributed by atoms with Gasteiger partial charge in [0.1, 0.15) is 0 Å². The molecule has 1 aliphatic carbocycles. The predicted molar refractivity (Wildman–Crippen MR) is 228 cm³/mol. The first-order chi connectivity index (χ1) is 27.2. The summed E-state index contributed by atoms with van der Waals surface area (Å²) in [6.45, 7) is 8.21. The van der Waals surface area contributed by atoms with Gasteiger partial charge in [0.15, 0.2) is 6.29 Å². The molecule has 1 heterocycles. The maximum absolute atomic E-state index is 11.8. The van der Waals surface area contributed by atoms with Gasteiger partial charge in [-0.25, -0.2) is 0 Å². The number of aliphatic hydroxyl groups excluding tert-OH is 1. The molecular weight excluding hydrogens is 713 g/mol. The second-order valence-electron chi connectivity index (χ2n) is 16.9. The van der Waals surface area contributed by atoms with E-state index in [-0.39, 0.29) is 41.8 Å². The Bertz CT molecular complexity index is 1760. The molecule has 1 N–H and O–H groups in total. The molecule has 7 heteroatoms. The molecule has 2 fully saturated rings. The van der Waals surface area contributed by atoms with Crippen molar-refractivity contribution in [3.8, 4) is 11.1 Å². The molecule has 4 aromatic carbocycles. The molecule has 298 valence electrons. The fourth-order valence-corrected chi connectivity index (χ4v) is 13.9. The van der Waals surface area contributed by atoms with Crippen molar-refractivity contribution in [2.24, 2.45) is 17.3 Å². The number of hydrogen-bond acceptors (Lipinski definition) is 6. The Labute approximate surface area is 336 Å². The summed E-state index contributed by atoms with van der Waals surface area (Å²) in [5.74, 6) is -0.125. The fourth-order valence-electron chi connectivity index (χ4n) is 9.33. The van der Waals surface area contributed by atoms with Crippen molar-refractivity contribution < 1.29 is 28.5 Å². The third-order valence-electron chi connectivity index (χ3n) is 12.2. The highest BCUT2D eigenvalue weighted by atomic mass is 28.4. The minimum atomic E-state index is -2.87. The average molecular weight is 775 g/mol. The minimum Gasteiger partial charge on any atom is -0.469 e. The van der Waals surface area contributed by atoms with E-state index in [1.807, 2.05) is 6.07 Å². The Balaban J connectivity index is 1.38. The normalized spacial score (nSPS) is 23.0. The van der Waals surface area contributed by atoms with Gasteiger partial charge in [0.05, 0.1) is 13.2 Å². The highest BCUT2D eigenvalue weighted by Crippen LogP contribution is 2.53. The maximum atomic E-state index is 11.8. The number of benzene rings is 4. The largest absolute Gasteiger partial charge is 0.469 e. The molecule has 6 rings (SSSR count). The zero-order chi connectivity index (χ0) is 39.4. The SMILES string of the molecule is COC(=O)CCCC=CC[C@@H]1[C@@H](CO[Si](c2ccccc2)(c2ccccc2)C(C)(C)C)[C@H](OC2CCCCO2)C[C@@]1(CO)Cc1ccc(-c2ccccc2)cc1. The van der Waals surface area contributed by atoms with Crippen LogP contribution < -0.4 is 10.4 Å². The van der Waals surface area contributed by atoms with Crippen molar-refractivity contribution in [1.29, 1.82) is 0 Å². The fraction of sp³-hybridized carbons (Fsp3) is 0.449. The maximum Gasteiger partial charge on any atom is 0.305 e. The third-order valence-corrected chi connectivity index (χ3v) is 17.2. The van der Waals surface area contributed by atoms with Crippen molar-refractivity contribution in [3.63, 3.8) is 0 Å². The zero-order valence-electron chi connectivity index (χ0n) is 33.9. The van der Waals surface area contributed by atoms with Gasteiger partial charge in [0.2, 0.25) is 0 Å². The van der Waals surface area contributed by atoms with Gasteiger partial charge in [-0.15, -0.1) is 0 Å². The first-order valence-electron chi connectivity index (χ1n) is 20.7. The number of aliphatic hydroxyl groups is 1. The molecular formula is C49H62O6Si. The second kappa shape index (κ2) is 19.5. The molecule has 4 aromatic rings. The van der Waals surface area contributed by atoms with Crippen molar-refractivity contribution in [1.82, 2.24) is 0 Å². The quantitative estimate of drug-likeness (QED) is 0.0499. The number of unbranched alkanes of at least 4 members (excludes halogenated alkanes) is 1. The smallest absolute Gasteiger partial charge is 0.305 e. The van der Waals surface area contributed by atoms with E-state index in [0.29, 0.717) is 26.1 Å². The van der Waals surface area contributed by atoms with Crippen LogP contribution in [0.4, 0.5) is 0 Å². The van der Waals surface area contributed by atoms with E-state index in [2.05, 4.69) is 142 Å². The Morgan fingerprint density at radius 3 is 2.05 bits per heavy atom. The number of carbonyl (C=O) groups is 1. The van der Waals surface area contributed by atoms with Crippen molar-refractivity contribution >= 4 is 24.7 Å². The van der Waals surface area contributed by atoms with E-state index in [9.17, 15) is 9.90 Å². The molecule has 6 nitrogen and oxygen atoms in total. The lowest BCUT2D eigenvalue weighted by Gasteiger charge is -2.44. The molecule has 0 amide bonds. The van der Waals surface area contributed by atoms with E-state index < -0.39 is 13.7 Å². The molecule has 0 bridgehead atoms. The number of rotatable bonds is 17. The lowest BCUT2D eigenvalue weighted by molar-refractivity contribution is -0.198. The van der Waals surface area contributed by atoms with Gasteiger partial charge in [-0.1, -0.05) is 148 Å². The summed E-state index contributed by atoms with van der Waals surface area (Å²) in [4.78, 5) is 11.8. The van der Waals surface area contributed by atoms with Crippen LogP contribution in [-0.2, 0) is 29.9 Å². The summed E-state index contributed by atoms with van der Waals surface area (Å²) in [6.07, 6.45) is 11.1. The molecule has 0 spiro atoms. The molecule has 5 atom stereocenters. The minimum absolute atomic E-state index is 0.00219. The highest BCUT2D eigenvalue weighted by molar-refractivity contribution is 6.99. The molecule has 1 unspecified atom stereocenters. The second-order valence-corrected chi connectivity index (χ2v) is 21.2. The molecule has 0 radical (unpaired) electrons. The van der Waals surface area contributed by atoms with Gasteiger partial charge in [-0.2, -0.15) is 0 Å². The molecule has 2 aliphatic rings. The Morgan fingerprint density at radius 1 is 0.857 bits per heavy atom. The van der Waals surface area contributed by atoms with E-state index in [4.69, 9.17) is 18.6 Å². The monoisotopic (exact) mass is 774 g/mol. The van der Waals surface area contributed by atoms with Crippen LogP contribution in [0.5, 0.6) is 0 Å². The number of hydrogen-bond donors (Lipinski definition) is 1. The van der Waals surface area contributed by atoms with E-state index in [1.54, 1.807) is 0 Å². The first-order valence-corrected chi connectivity index (χ1v) is 22.6. The lowest BCUT2D eigenvalue weighted by Crippen LogP contribution is -2.67. The summed E-state index contributed by atoms with van der Waals surface area (Å²) >= 11 is 0. The van der Waals surface area contributed by atoms with Gasteiger partial charge < -0.3 is 23.7 Å². The van der Waals surface area contributed by atoms with Gasteiger partial charge in [-0.05, 0) is 89.4 Å². The number of esters is 1. The van der Waals surface area contributed by atoms with Gasteiger partial charge in [0, 0.05) is 37.6 Å². The lowest BCUT2D eigenvalue weighted by atomic mass is 9.70. The van der Waals surface area contributed by atoms with Crippen molar-refractivity contribution in [2.75, 3.05) is 26.9 Å². The van der Waals surface area contributed by atoms with Crippen molar-refractivity contribution in [2.45, 2.75) is 96.0 Å². The summed E-state index contributed by atoms with van der Waals surface area (Å²) in [6, 6.07) is 41.0. The summed E-state index contributed by atoms with van der Waals surface area (Å²) in [5, 5.41) is 14.0. The standard InChI is InChI=1S/C49H62O6Si/c1-48(2,3)56(41-22-12-8-13-23-41,42-24-14-9-15-25-42)54-36-43-44(26-16-5-6-17-27-46(51)52-4)49(37-50,35-45(43)55-47-28-18-19-33-53-47)34-38-29-31-40(32-30-38)39-20-10-7-11-21-39/h5,7-16,20-25,29-32,43-45,47,50H,6,17-19,26-28,33-37H2,1-4H3/t43-,44-,45-,47?,49-/m1/s1. The average Bonchev–Trinajstić information content (AvgIpc) is 3.51. The zero-order valence-corrected chi connectivity index (χ0v) is 34.9.